The van der Waals surface area contributed by atoms with Gasteiger partial charge in [-0.2, -0.15) is 0 Å². The molecule has 0 heterocycles. The topological polar surface area (TPSA) is 20.2 Å². The summed E-state index contributed by atoms with van der Waals surface area (Å²) < 4.78 is 13.1. The maximum Gasteiger partial charge on any atom is 0.123 e. The summed E-state index contributed by atoms with van der Waals surface area (Å²) in [6.07, 6.45) is 0. The van der Waals surface area contributed by atoms with Gasteiger partial charge >= 0.3 is 0 Å². The van der Waals surface area contributed by atoms with Crippen molar-refractivity contribution in [1.29, 1.82) is 0 Å². The van der Waals surface area contributed by atoms with E-state index in [0.29, 0.717) is 0 Å². The molecule has 17 heavy (non-hydrogen) atoms. The molecule has 0 saturated carbocycles. The first-order valence-corrected chi connectivity index (χ1v) is 6.00. The summed E-state index contributed by atoms with van der Waals surface area (Å²) in [5.74, 6) is 0.259. The minimum Gasteiger partial charge on any atom is -0.508 e. The van der Waals surface area contributed by atoms with Gasteiger partial charge in [0.05, 0.1) is 0 Å². The molecular weight excluding hydrogens is 215 g/mol. The number of fused-ring (bicyclic) bond motifs is 1. The van der Waals surface area contributed by atoms with Gasteiger partial charge in [0.1, 0.15) is 11.6 Å². The van der Waals surface area contributed by atoms with E-state index in [1.54, 1.807) is 18.2 Å². The van der Waals surface area contributed by atoms with Gasteiger partial charge in [0.2, 0.25) is 0 Å². The van der Waals surface area contributed by atoms with Crippen molar-refractivity contribution < 1.29 is 9.50 Å². The Hall–Kier alpha value is -1.57. The molecule has 0 aliphatic carbocycles. The summed E-state index contributed by atoms with van der Waals surface area (Å²) in [5, 5.41) is 11.3. The van der Waals surface area contributed by atoms with Crippen LogP contribution in [0.15, 0.2) is 30.3 Å². The first-order chi connectivity index (χ1) is 8.08. The molecule has 0 aromatic heterocycles. The number of rotatable bonds is 1. The van der Waals surface area contributed by atoms with Crippen LogP contribution in [0.4, 0.5) is 4.39 Å². The lowest BCUT2D eigenvalue weighted by atomic mass is 9.95. The minimum atomic E-state index is -0.241. The summed E-state index contributed by atoms with van der Waals surface area (Å²) in [7, 11) is 0. The van der Waals surface area contributed by atoms with Crippen LogP contribution in [0.3, 0.4) is 0 Å². The number of halogens is 1. The molecule has 2 aromatic carbocycles. The number of aromatic hydroxyl groups is 1. The molecule has 0 aliphatic rings. The lowest BCUT2D eigenvalue weighted by molar-refractivity contribution is 0.475. The van der Waals surface area contributed by atoms with E-state index in [2.05, 4.69) is 0 Å². The molecule has 92 valence electrons. The molecule has 0 amide bonds. The molecule has 0 saturated heterocycles. The Morgan fingerprint density at radius 1 is 1.06 bits per heavy atom. The number of hydrogen-bond donors (Lipinski definition) is 1. The molecule has 0 radical (unpaired) electrons. The zero-order chi connectivity index (χ0) is 13.0. The number of benzene rings is 2. The SMILES string of the molecule is CC.CC(C)c1cc(O)cc2ccc(F)cc12. The van der Waals surface area contributed by atoms with Gasteiger partial charge in [0, 0.05) is 0 Å². The third-order valence-electron chi connectivity index (χ3n) is 2.56. The van der Waals surface area contributed by atoms with E-state index in [-0.39, 0.29) is 17.5 Å². The smallest absolute Gasteiger partial charge is 0.123 e. The highest BCUT2D eigenvalue weighted by Crippen LogP contribution is 2.30. The van der Waals surface area contributed by atoms with Crippen LogP contribution < -0.4 is 0 Å². The van der Waals surface area contributed by atoms with Crippen LogP contribution in [0.2, 0.25) is 0 Å². The molecular formula is C15H19FO. The van der Waals surface area contributed by atoms with Crippen molar-refractivity contribution in [3.8, 4) is 5.75 Å². The van der Waals surface area contributed by atoms with E-state index < -0.39 is 0 Å². The van der Waals surface area contributed by atoms with Gasteiger partial charge in [0.25, 0.3) is 0 Å². The average molecular weight is 234 g/mol. The average Bonchev–Trinajstić information content (AvgIpc) is 2.31. The van der Waals surface area contributed by atoms with Crippen molar-refractivity contribution in [2.24, 2.45) is 0 Å². The van der Waals surface area contributed by atoms with Gasteiger partial charge in [-0.25, -0.2) is 4.39 Å². The molecule has 0 bridgehead atoms. The Labute approximate surface area is 102 Å². The van der Waals surface area contributed by atoms with Crippen LogP contribution in [0, 0.1) is 5.82 Å². The highest BCUT2D eigenvalue weighted by molar-refractivity contribution is 5.87. The molecule has 0 atom stereocenters. The summed E-state index contributed by atoms with van der Waals surface area (Å²) in [4.78, 5) is 0. The Kier molecular flexibility index (Phi) is 4.50. The van der Waals surface area contributed by atoms with Gasteiger partial charge in [-0.3, -0.25) is 0 Å². The van der Waals surface area contributed by atoms with Crippen LogP contribution >= 0.6 is 0 Å². The molecule has 2 heteroatoms. The lowest BCUT2D eigenvalue weighted by Crippen LogP contribution is -1.90. The van der Waals surface area contributed by atoms with E-state index in [1.165, 1.54) is 12.1 Å². The van der Waals surface area contributed by atoms with E-state index in [4.69, 9.17) is 0 Å². The van der Waals surface area contributed by atoms with Gasteiger partial charge < -0.3 is 5.11 Å². The van der Waals surface area contributed by atoms with Crippen molar-refractivity contribution in [2.75, 3.05) is 0 Å². The second-order valence-electron chi connectivity index (χ2n) is 4.06. The Balaban J connectivity index is 0.000000686. The zero-order valence-electron chi connectivity index (χ0n) is 10.8. The summed E-state index contributed by atoms with van der Waals surface area (Å²) in [6, 6.07) is 7.97. The van der Waals surface area contributed by atoms with Crippen LogP contribution in [-0.4, -0.2) is 5.11 Å². The highest BCUT2D eigenvalue weighted by Gasteiger charge is 2.08. The first-order valence-electron chi connectivity index (χ1n) is 6.00. The van der Waals surface area contributed by atoms with E-state index in [0.717, 1.165) is 16.3 Å². The molecule has 2 aromatic rings. The maximum atomic E-state index is 13.1. The fourth-order valence-corrected chi connectivity index (χ4v) is 1.82. The normalized spacial score (nSPS) is 10.2. The minimum absolute atomic E-state index is 0.234. The van der Waals surface area contributed by atoms with Gasteiger partial charge in [-0.05, 0) is 46.5 Å². The van der Waals surface area contributed by atoms with Crippen molar-refractivity contribution in [1.82, 2.24) is 0 Å². The first kappa shape index (κ1) is 13.5. The molecule has 0 aliphatic heterocycles. The van der Waals surface area contributed by atoms with Gasteiger partial charge in [-0.15, -0.1) is 0 Å². The van der Waals surface area contributed by atoms with E-state index in [9.17, 15) is 9.50 Å². The number of phenols is 1. The monoisotopic (exact) mass is 234 g/mol. The quantitative estimate of drug-likeness (QED) is 0.749. The third kappa shape index (κ3) is 2.96. The van der Waals surface area contributed by atoms with Crippen LogP contribution in [-0.2, 0) is 0 Å². The second kappa shape index (κ2) is 5.67. The Morgan fingerprint density at radius 3 is 2.29 bits per heavy atom. The number of phenolic OH excluding ortho intramolecular Hbond substituents is 1. The molecule has 2 rings (SSSR count). The fourth-order valence-electron chi connectivity index (χ4n) is 1.82. The molecule has 0 unspecified atom stereocenters. The van der Waals surface area contributed by atoms with Gasteiger partial charge in [-0.1, -0.05) is 33.8 Å². The maximum absolute atomic E-state index is 13.1. The summed E-state index contributed by atoms with van der Waals surface area (Å²) in [6.45, 7) is 8.05. The molecule has 1 nitrogen and oxygen atoms in total. The van der Waals surface area contributed by atoms with E-state index >= 15 is 0 Å². The highest BCUT2D eigenvalue weighted by atomic mass is 19.1. The second-order valence-corrected chi connectivity index (χ2v) is 4.06. The van der Waals surface area contributed by atoms with Crippen molar-refractivity contribution in [3.05, 3.63) is 41.7 Å². The molecule has 1 N–H and O–H groups in total. The number of hydrogen-bond acceptors (Lipinski definition) is 1. The lowest BCUT2D eigenvalue weighted by Gasteiger charge is -2.10. The van der Waals surface area contributed by atoms with Crippen LogP contribution in [0.1, 0.15) is 39.2 Å². The van der Waals surface area contributed by atoms with E-state index in [1.807, 2.05) is 27.7 Å². The third-order valence-corrected chi connectivity index (χ3v) is 2.56. The van der Waals surface area contributed by atoms with Crippen molar-refractivity contribution in [2.45, 2.75) is 33.6 Å². The fraction of sp³-hybridized carbons (Fsp3) is 0.333. The van der Waals surface area contributed by atoms with Crippen molar-refractivity contribution >= 4 is 10.8 Å². The molecule has 0 spiro atoms. The largest absolute Gasteiger partial charge is 0.508 e. The standard InChI is InChI=1S/C13H13FO.C2H6/c1-8(2)12-7-11(15)5-9-3-4-10(14)6-13(9)12;1-2/h3-8,15H,1-2H3;1-2H3. The predicted octanol–water partition coefficient (Wildman–Crippen LogP) is 4.83. The predicted molar refractivity (Wildman–Crippen MR) is 71.0 cm³/mol. The van der Waals surface area contributed by atoms with Crippen LogP contribution in [0.5, 0.6) is 5.75 Å². The summed E-state index contributed by atoms with van der Waals surface area (Å²) >= 11 is 0. The Bertz CT molecular complexity index is 503. The van der Waals surface area contributed by atoms with Crippen LogP contribution in [0.25, 0.3) is 10.8 Å². The van der Waals surface area contributed by atoms with Gasteiger partial charge in [0.15, 0.2) is 0 Å². The zero-order valence-corrected chi connectivity index (χ0v) is 10.8. The summed E-state index contributed by atoms with van der Waals surface area (Å²) in [5.41, 5.74) is 0.976. The molecule has 0 fully saturated rings. The van der Waals surface area contributed by atoms with Crippen molar-refractivity contribution in [3.63, 3.8) is 0 Å². The Morgan fingerprint density at radius 2 is 1.71 bits per heavy atom.